The van der Waals surface area contributed by atoms with Crippen LogP contribution >= 0.6 is 8.03 Å². The van der Waals surface area contributed by atoms with E-state index in [-0.39, 0.29) is 6.61 Å². The minimum atomic E-state index is -3.45. The van der Waals surface area contributed by atoms with E-state index in [9.17, 15) is 13.0 Å². The average molecular weight is 216 g/mol. The predicted molar refractivity (Wildman–Crippen MR) is 46.3 cm³/mol. The maximum atomic E-state index is 11.1. The number of sulfone groups is 1. The smallest absolute Gasteiger partial charge is 0.234 e. The Hall–Kier alpha value is 0.100. The highest BCUT2D eigenvalue weighted by Crippen LogP contribution is 2.32. The van der Waals surface area contributed by atoms with E-state index in [1.165, 1.54) is 7.11 Å². The molecular formula is C5H13O5PS. The molecule has 5 nitrogen and oxygen atoms in total. The van der Waals surface area contributed by atoms with Gasteiger partial charge in [-0.3, -0.25) is 4.57 Å². The highest BCUT2D eigenvalue weighted by molar-refractivity contribution is 7.96. The van der Waals surface area contributed by atoms with Gasteiger partial charge in [-0.2, -0.15) is 0 Å². The van der Waals surface area contributed by atoms with Gasteiger partial charge in [0.25, 0.3) is 0 Å². The number of hydrogen-bond donors (Lipinski definition) is 0. The second-order valence-electron chi connectivity index (χ2n) is 2.15. The third-order valence-electron chi connectivity index (χ3n) is 1.08. The van der Waals surface area contributed by atoms with Crippen LogP contribution in [0.25, 0.3) is 0 Å². The molecule has 2 unspecified atom stereocenters. The first-order valence-corrected chi connectivity index (χ1v) is 6.66. The normalized spacial score (nSPS) is 17.2. The van der Waals surface area contributed by atoms with Gasteiger partial charge in [0.15, 0.2) is 9.84 Å². The van der Waals surface area contributed by atoms with Crippen molar-refractivity contribution >= 4 is 17.9 Å². The van der Waals surface area contributed by atoms with Crippen LogP contribution in [0.1, 0.15) is 6.92 Å². The first kappa shape index (κ1) is 12.1. The lowest BCUT2D eigenvalue weighted by atomic mass is 10.9. The zero-order valence-electron chi connectivity index (χ0n) is 7.23. The van der Waals surface area contributed by atoms with Gasteiger partial charge in [0.05, 0.1) is 6.61 Å². The van der Waals surface area contributed by atoms with Gasteiger partial charge in [-0.25, -0.2) is 8.42 Å². The van der Waals surface area contributed by atoms with Gasteiger partial charge < -0.3 is 9.26 Å². The van der Waals surface area contributed by atoms with E-state index < -0.39 is 23.0 Å². The molecule has 12 heavy (non-hydrogen) atoms. The first-order chi connectivity index (χ1) is 5.43. The van der Waals surface area contributed by atoms with Gasteiger partial charge in [0.2, 0.25) is 13.2 Å². The van der Waals surface area contributed by atoms with Gasteiger partial charge in [0, 0.05) is 13.4 Å². The van der Waals surface area contributed by atoms with Gasteiger partial charge in [-0.15, -0.1) is 0 Å². The fraction of sp³-hybridized carbons (Fsp3) is 1.00. The van der Waals surface area contributed by atoms with Gasteiger partial charge in [-0.1, -0.05) is 0 Å². The van der Waals surface area contributed by atoms with Gasteiger partial charge in [-0.05, 0) is 6.92 Å². The summed E-state index contributed by atoms with van der Waals surface area (Å²) in [4.78, 5) is 0. The molecular weight excluding hydrogens is 203 g/mol. The summed E-state index contributed by atoms with van der Waals surface area (Å²) in [6, 6.07) is 0. The Bertz CT molecular complexity index is 247. The van der Waals surface area contributed by atoms with Crippen LogP contribution < -0.4 is 0 Å². The SMILES string of the molecule is CCO[PH](=O)C(OC)S(C)(=O)=O. The second-order valence-corrected chi connectivity index (χ2v) is 6.11. The van der Waals surface area contributed by atoms with Crippen molar-refractivity contribution in [3.8, 4) is 0 Å². The Kier molecular flexibility index (Phi) is 5.01. The van der Waals surface area contributed by atoms with E-state index >= 15 is 0 Å². The lowest BCUT2D eigenvalue weighted by Gasteiger charge is -2.11. The van der Waals surface area contributed by atoms with E-state index in [0.717, 1.165) is 6.26 Å². The summed E-state index contributed by atoms with van der Waals surface area (Å²) in [5, 5.41) is -1.32. The number of hydrogen-bond acceptors (Lipinski definition) is 5. The van der Waals surface area contributed by atoms with Gasteiger partial charge >= 0.3 is 0 Å². The Morgan fingerprint density at radius 3 is 2.25 bits per heavy atom. The highest BCUT2D eigenvalue weighted by Gasteiger charge is 2.26. The number of ether oxygens (including phenoxy) is 1. The molecule has 0 aliphatic carbocycles. The zero-order valence-corrected chi connectivity index (χ0v) is 9.05. The summed E-state index contributed by atoms with van der Waals surface area (Å²) in [6.45, 7) is 1.85. The summed E-state index contributed by atoms with van der Waals surface area (Å²) in [5.74, 6) is 0. The van der Waals surface area contributed by atoms with Crippen molar-refractivity contribution < 1.29 is 22.2 Å². The molecule has 0 spiro atoms. The fourth-order valence-corrected chi connectivity index (χ4v) is 3.22. The molecule has 0 aromatic carbocycles. The summed E-state index contributed by atoms with van der Waals surface area (Å²) in [6.07, 6.45) is 0.961. The molecule has 0 saturated heterocycles. The summed E-state index contributed by atoms with van der Waals surface area (Å²) in [7, 11) is -4.91. The number of rotatable bonds is 5. The maximum absolute atomic E-state index is 11.1. The molecule has 0 aromatic heterocycles. The third kappa shape index (κ3) is 3.67. The van der Waals surface area contributed by atoms with Crippen LogP contribution in [-0.2, 0) is 23.7 Å². The molecule has 0 radical (unpaired) electrons. The molecule has 0 aromatic rings. The molecule has 0 amide bonds. The molecule has 0 aliphatic rings. The number of methoxy groups -OCH3 is 1. The zero-order chi connectivity index (χ0) is 9.78. The quantitative estimate of drug-likeness (QED) is 0.625. The van der Waals surface area contributed by atoms with Crippen LogP contribution in [0.4, 0.5) is 0 Å². The molecule has 0 aliphatic heterocycles. The first-order valence-electron chi connectivity index (χ1n) is 3.31. The summed E-state index contributed by atoms with van der Waals surface area (Å²) in [5.41, 5.74) is 0. The van der Waals surface area contributed by atoms with Crippen LogP contribution in [0.15, 0.2) is 0 Å². The van der Waals surface area contributed by atoms with Crippen molar-refractivity contribution in [2.45, 2.75) is 12.1 Å². The molecule has 74 valence electrons. The van der Waals surface area contributed by atoms with Crippen molar-refractivity contribution in [2.24, 2.45) is 0 Å². The standard InChI is InChI=1S/C5H13O5PS/c1-4-10-11(6)5(9-2)12(3,7)8/h5,11H,4H2,1-3H3. The van der Waals surface area contributed by atoms with Crippen molar-refractivity contribution in [3.05, 3.63) is 0 Å². The maximum Gasteiger partial charge on any atom is 0.234 e. The molecule has 0 N–H and O–H groups in total. The van der Waals surface area contributed by atoms with Crippen LogP contribution in [0.3, 0.4) is 0 Å². The minimum absolute atomic E-state index is 0.215. The highest BCUT2D eigenvalue weighted by atomic mass is 32.2. The van der Waals surface area contributed by atoms with Crippen molar-refractivity contribution in [2.75, 3.05) is 20.0 Å². The van der Waals surface area contributed by atoms with E-state index in [1.54, 1.807) is 6.92 Å². The lowest BCUT2D eigenvalue weighted by Crippen LogP contribution is -2.18. The fourth-order valence-electron chi connectivity index (χ4n) is 0.656. The topological polar surface area (TPSA) is 69.7 Å². The van der Waals surface area contributed by atoms with Gasteiger partial charge in [0.1, 0.15) is 0 Å². The van der Waals surface area contributed by atoms with Crippen molar-refractivity contribution in [3.63, 3.8) is 0 Å². The average Bonchev–Trinajstić information content (AvgIpc) is 1.85. The Labute approximate surface area is 72.8 Å². The monoisotopic (exact) mass is 216 g/mol. The Morgan fingerprint density at radius 2 is 2.00 bits per heavy atom. The largest absolute Gasteiger partial charge is 0.357 e. The summed E-state index contributed by atoms with van der Waals surface area (Å²) < 4.78 is 42.1. The Morgan fingerprint density at radius 1 is 1.50 bits per heavy atom. The molecule has 0 saturated carbocycles. The van der Waals surface area contributed by atoms with Crippen molar-refractivity contribution in [1.82, 2.24) is 0 Å². The molecule has 0 bridgehead atoms. The third-order valence-corrected chi connectivity index (χ3v) is 5.11. The predicted octanol–water partition coefficient (Wildman–Crippen LogP) is 0.472. The van der Waals surface area contributed by atoms with E-state index in [2.05, 4.69) is 9.26 Å². The second kappa shape index (κ2) is 4.97. The van der Waals surface area contributed by atoms with Crippen LogP contribution in [0, 0.1) is 0 Å². The lowest BCUT2D eigenvalue weighted by molar-refractivity contribution is 0.200. The summed E-state index contributed by atoms with van der Waals surface area (Å²) >= 11 is 0. The Balaban J connectivity index is 4.47. The van der Waals surface area contributed by atoms with Crippen molar-refractivity contribution in [1.29, 1.82) is 0 Å². The van der Waals surface area contributed by atoms with Crippen LogP contribution in [-0.4, -0.2) is 33.6 Å². The van der Waals surface area contributed by atoms with E-state index in [4.69, 9.17) is 0 Å². The molecule has 0 heterocycles. The molecule has 2 atom stereocenters. The van der Waals surface area contributed by atoms with Crippen LogP contribution in [0.5, 0.6) is 0 Å². The van der Waals surface area contributed by atoms with E-state index in [1.807, 2.05) is 0 Å². The molecule has 0 rings (SSSR count). The minimum Gasteiger partial charge on any atom is -0.357 e. The molecule has 7 heteroatoms. The van der Waals surface area contributed by atoms with Crippen LogP contribution in [0.2, 0.25) is 0 Å². The molecule has 0 fully saturated rings. The van der Waals surface area contributed by atoms with E-state index in [0.29, 0.717) is 0 Å².